The second kappa shape index (κ2) is 8.66. The number of rotatable bonds is 4. The first-order chi connectivity index (χ1) is 16.3. The number of hydrogen-bond acceptors (Lipinski definition) is 6. The van der Waals surface area contributed by atoms with Crippen molar-refractivity contribution in [3.05, 3.63) is 65.7 Å². The van der Waals surface area contributed by atoms with Crippen molar-refractivity contribution >= 4 is 11.7 Å². The highest BCUT2D eigenvalue weighted by Gasteiger charge is 2.44. The zero-order valence-electron chi connectivity index (χ0n) is 18.5. The van der Waals surface area contributed by atoms with E-state index < -0.39 is 11.7 Å². The minimum Gasteiger partial charge on any atom is -0.365 e. The van der Waals surface area contributed by atoms with Crippen LogP contribution in [0.1, 0.15) is 40.7 Å². The topological polar surface area (TPSA) is 83.9 Å². The van der Waals surface area contributed by atoms with Crippen LogP contribution in [0.4, 0.5) is 19.0 Å². The van der Waals surface area contributed by atoms with Crippen molar-refractivity contribution in [2.24, 2.45) is 5.92 Å². The quantitative estimate of drug-likeness (QED) is 0.612. The first-order valence-corrected chi connectivity index (χ1v) is 11.1. The van der Waals surface area contributed by atoms with Gasteiger partial charge in [0.15, 0.2) is 5.82 Å². The first-order valence-electron chi connectivity index (χ1n) is 11.1. The standard InChI is InChI=1S/C24H23F3N6O/c1-14-9-17(21(31-11-14)22-28-7-2-8-29-22)23(34)33-13-15-3-5-19(33)18(10-15)32-20-6-4-16(12-30-20)24(25,26)27/h2,4,6-9,11-12,15,18-19H,3,5,10,13H2,1H3,(H,30,32)/t15-,18-,19+/m1/s1. The van der Waals surface area contributed by atoms with Gasteiger partial charge in [-0.15, -0.1) is 0 Å². The molecule has 1 saturated carbocycles. The van der Waals surface area contributed by atoms with Crippen LogP contribution in [0.15, 0.2) is 49.1 Å². The maximum absolute atomic E-state index is 13.8. The molecule has 34 heavy (non-hydrogen) atoms. The summed E-state index contributed by atoms with van der Waals surface area (Å²) in [6, 6.07) is 5.66. The highest BCUT2D eigenvalue weighted by molar-refractivity contribution is 5.99. The fraction of sp³-hybridized carbons (Fsp3) is 0.375. The van der Waals surface area contributed by atoms with Crippen LogP contribution in [0.25, 0.3) is 11.5 Å². The van der Waals surface area contributed by atoms with Crippen molar-refractivity contribution in [2.45, 2.75) is 44.4 Å². The number of fused-ring (bicyclic) bond motifs is 3. The third-order valence-corrected chi connectivity index (χ3v) is 6.49. The molecule has 0 aromatic carbocycles. The molecule has 5 heterocycles. The average Bonchev–Trinajstić information content (AvgIpc) is 2.84. The van der Waals surface area contributed by atoms with Gasteiger partial charge in [-0.05, 0) is 61.9 Å². The third-order valence-electron chi connectivity index (χ3n) is 6.49. The summed E-state index contributed by atoms with van der Waals surface area (Å²) in [4.78, 5) is 32.6. The Kier molecular flexibility index (Phi) is 5.66. The summed E-state index contributed by atoms with van der Waals surface area (Å²) < 4.78 is 38.6. The maximum Gasteiger partial charge on any atom is 0.417 e. The number of pyridine rings is 2. The Balaban J connectivity index is 1.40. The number of hydrogen-bond donors (Lipinski definition) is 1. The number of carbonyl (C=O) groups is 1. The zero-order chi connectivity index (χ0) is 23.9. The number of aromatic nitrogens is 4. The number of amides is 1. The molecule has 3 fully saturated rings. The molecule has 1 amide bonds. The first kappa shape index (κ1) is 22.2. The van der Waals surface area contributed by atoms with E-state index in [1.807, 2.05) is 17.9 Å². The molecule has 0 spiro atoms. The highest BCUT2D eigenvalue weighted by atomic mass is 19.4. The molecule has 7 nitrogen and oxygen atoms in total. The monoisotopic (exact) mass is 468 g/mol. The maximum atomic E-state index is 13.8. The van der Waals surface area contributed by atoms with Gasteiger partial charge in [-0.25, -0.2) is 15.0 Å². The number of nitrogens with zero attached hydrogens (tertiary/aromatic N) is 5. The molecular weight excluding hydrogens is 445 g/mol. The van der Waals surface area contributed by atoms with Crippen LogP contribution in [-0.4, -0.2) is 49.4 Å². The summed E-state index contributed by atoms with van der Waals surface area (Å²) in [5, 5.41) is 3.27. The van der Waals surface area contributed by atoms with Gasteiger partial charge < -0.3 is 10.2 Å². The summed E-state index contributed by atoms with van der Waals surface area (Å²) in [6.07, 6.45) is 3.95. The Hall–Kier alpha value is -3.56. The summed E-state index contributed by atoms with van der Waals surface area (Å²) in [7, 11) is 0. The van der Waals surface area contributed by atoms with Gasteiger partial charge in [-0.1, -0.05) is 0 Å². The van der Waals surface area contributed by atoms with Crippen molar-refractivity contribution in [2.75, 3.05) is 11.9 Å². The molecule has 3 aromatic rings. The predicted molar refractivity (Wildman–Crippen MR) is 119 cm³/mol. The van der Waals surface area contributed by atoms with E-state index in [1.54, 1.807) is 24.7 Å². The van der Waals surface area contributed by atoms with Gasteiger partial charge in [0.2, 0.25) is 0 Å². The Morgan fingerprint density at radius 1 is 1.09 bits per heavy atom. The van der Waals surface area contributed by atoms with Gasteiger partial charge in [0.25, 0.3) is 5.91 Å². The van der Waals surface area contributed by atoms with Crippen molar-refractivity contribution in [3.63, 3.8) is 0 Å². The lowest BCUT2D eigenvalue weighted by molar-refractivity contribution is -0.137. The summed E-state index contributed by atoms with van der Waals surface area (Å²) in [5.41, 5.74) is 0.952. The van der Waals surface area contributed by atoms with E-state index in [0.29, 0.717) is 35.4 Å². The van der Waals surface area contributed by atoms with Crippen molar-refractivity contribution in [1.82, 2.24) is 24.8 Å². The van der Waals surface area contributed by atoms with Crippen molar-refractivity contribution < 1.29 is 18.0 Å². The van der Waals surface area contributed by atoms with Gasteiger partial charge in [0.1, 0.15) is 11.5 Å². The Labute approximate surface area is 194 Å². The van der Waals surface area contributed by atoms with E-state index in [1.165, 1.54) is 6.07 Å². The van der Waals surface area contributed by atoms with Crippen molar-refractivity contribution in [1.29, 1.82) is 0 Å². The number of piperidine rings is 2. The molecule has 6 rings (SSSR count). The van der Waals surface area contributed by atoms with Crippen LogP contribution >= 0.6 is 0 Å². The van der Waals surface area contributed by atoms with Crippen LogP contribution in [-0.2, 0) is 6.18 Å². The molecule has 3 aromatic heterocycles. The van der Waals surface area contributed by atoms with Gasteiger partial charge in [-0.2, -0.15) is 13.2 Å². The molecular formula is C24H23F3N6O. The second-order valence-corrected chi connectivity index (χ2v) is 8.87. The molecule has 0 radical (unpaired) electrons. The molecule has 0 unspecified atom stereocenters. The van der Waals surface area contributed by atoms with Gasteiger partial charge in [0, 0.05) is 37.4 Å². The molecule has 176 valence electrons. The van der Waals surface area contributed by atoms with Crippen LogP contribution in [0, 0.1) is 12.8 Å². The average molecular weight is 468 g/mol. The van der Waals surface area contributed by atoms with Gasteiger partial charge in [0.05, 0.1) is 17.2 Å². The largest absolute Gasteiger partial charge is 0.417 e. The van der Waals surface area contributed by atoms with E-state index in [0.717, 1.165) is 37.1 Å². The SMILES string of the molecule is Cc1cnc(-c2ncccn2)c(C(=O)N2C[C@@H]3CC[C@H]2[C@H](Nc2ccc(C(F)(F)F)cn2)C3)c1. The molecule has 3 atom stereocenters. The van der Waals surface area contributed by atoms with E-state index in [4.69, 9.17) is 0 Å². The molecule has 2 bridgehead atoms. The number of carbonyl (C=O) groups excluding carboxylic acids is 1. The molecule has 2 saturated heterocycles. The smallest absolute Gasteiger partial charge is 0.365 e. The molecule has 2 aliphatic heterocycles. The molecule has 1 N–H and O–H groups in total. The Bertz CT molecular complexity index is 1190. The molecule has 10 heteroatoms. The normalized spacial score (nSPS) is 22.0. The number of nitrogens with one attached hydrogen (secondary N) is 1. The number of aryl methyl sites for hydroxylation is 1. The fourth-order valence-electron chi connectivity index (χ4n) is 4.91. The second-order valence-electron chi connectivity index (χ2n) is 8.87. The molecule has 1 aliphatic carbocycles. The summed E-state index contributed by atoms with van der Waals surface area (Å²) in [5.74, 6) is 0.917. The van der Waals surface area contributed by atoms with Crippen LogP contribution in [0.5, 0.6) is 0 Å². The molecule has 3 aliphatic rings. The minimum atomic E-state index is -4.43. The lowest BCUT2D eigenvalue weighted by Gasteiger charge is -2.50. The van der Waals surface area contributed by atoms with E-state index in [9.17, 15) is 18.0 Å². The Morgan fingerprint density at radius 3 is 2.56 bits per heavy atom. The number of alkyl halides is 3. The fourth-order valence-corrected chi connectivity index (χ4v) is 4.91. The minimum absolute atomic E-state index is 0.102. The predicted octanol–water partition coefficient (Wildman–Crippen LogP) is 4.37. The van der Waals surface area contributed by atoms with Crippen LogP contribution in [0.3, 0.4) is 0 Å². The van der Waals surface area contributed by atoms with Gasteiger partial charge >= 0.3 is 6.18 Å². The van der Waals surface area contributed by atoms with E-state index >= 15 is 0 Å². The summed E-state index contributed by atoms with van der Waals surface area (Å²) in [6.45, 7) is 2.51. The lowest BCUT2D eigenvalue weighted by atomic mass is 9.76. The van der Waals surface area contributed by atoms with Crippen molar-refractivity contribution in [3.8, 4) is 11.5 Å². The van der Waals surface area contributed by atoms with Crippen LogP contribution in [0.2, 0.25) is 0 Å². The lowest BCUT2D eigenvalue weighted by Crippen LogP contribution is -2.59. The highest BCUT2D eigenvalue weighted by Crippen LogP contribution is 2.38. The third kappa shape index (κ3) is 4.32. The Morgan fingerprint density at radius 2 is 1.88 bits per heavy atom. The zero-order valence-corrected chi connectivity index (χ0v) is 18.5. The van der Waals surface area contributed by atoms with E-state index in [2.05, 4.69) is 25.3 Å². The van der Waals surface area contributed by atoms with Crippen LogP contribution < -0.4 is 5.32 Å². The number of halogens is 3. The van der Waals surface area contributed by atoms with E-state index in [-0.39, 0.29) is 18.0 Å². The van der Waals surface area contributed by atoms with Gasteiger partial charge in [-0.3, -0.25) is 9.78 Å². The number of anilines is 1. The summed E-state index contributed by atoms with van der Waals surface area (Å²) >= 11 is 0.